The molecule has 0 atom stereocenters. The van der Waals surface area contributed by atoms with E-state index in [2.05, 4.69) is 50.1 Å². The Bertz CT molecular complexity index is 842. The van der Waals surface area contributed by atoms with Gasteiger partial charge in [-0.15, -0.1) is 10.2 Å². The fraction of sp³-hybridized carbons (Fsp3) is 0.652. The van der Waals surface area contributed by atoms with Gasteiger partial charge in [-0.1, -0.05) is 46.3 Å². The first-order chi connectivity index (χ1) is 18.7. The third kappa shape index (κ3) is 18.7. The Hall–Kier alpha value is -1.18. The zero-order valence-electron chi connectivity index (χ0n) is 23.9. The maximum atomic E-state index is 5.33. The van der Waals surface area contributed by atoms with Gasteiger partial charge in [-0.2, -0.15) is 0 Å². The van der Waals surface area contributed by atoms with Gasteiger partial charge in [0.25, 0.3) is 0 Å². The molecule has 0 N–H and O–H groups in total. The van der Waals surface area contributed by atoms with Gasteiger partial charge >= 0.3 is 51.4 Å². The van der Waals surface area contributed by atoms with E-state index >= 15 is 0 Å². The molecule has 1 saturated heterocycles. The molecule has 1 aliphatic rings. The third-order valence-electron chi connectivity index (χ3n) is 5.22. The van der Waals surface area contributed by atoms with Crippen molar-refractivity contribution in [2.45, 2.75) is 20.8 Å². The van der Waals surface area contributed by atoms with Gasteiger partial charge in [-0.25, -0.2) is 0 Å². The number of rotatable bonds is 2. The summed E-state index contributed by atoms with van der Waals surface area (Å²) in [5, 5.41) is 22.3. The zero-order chi connectivity index (χ0) is 27.1. The number of aromatic nitrogens is 8. The van der Waals surface area contributed by atoms with Crippen molar-refractivity contribution < 1.29 is 79.8 Å². The molecule has 0 aliphatic carbocycles. The van der Waals surface area contributed by atoms with Crippen LogP contribution < -0.4 is 51.4 Å². The van der Waals surface area contributed by atoms with Crippen LogP contribution in [0, 0.1) is 20.8 Å². The summed E-state index contributed by atoms with van der Waals surface area (Å²) in [5.74, 6) is 1.57. The second-order valence-corrected chi connectivity index (χ2v) is 8.23. The quantitative estimate of drug-likeness (QED) is 0.284. The van der Waals surface area contributed by atoms with E-state index in [-0.39, 0.29) is 51.4 Å². The van der Waals surface area contributed by atoms with E-state index in [1.807, 2.05) is 32.0 Å². The van der Waals surface area contributed by atoms with Crippen LogP contribution in [0.15, 0.2) is 30.3 Å². The van der Waals surface area contributed by atoms with Crippen molar-refractivity contribution in [2.24, 2.45) is 0 Å². The smallest absolute Gasteiger partial charge is 0.390 e. The molecule has 3 aromatic rings. The molecule has 0 saturated carbocycles. The number of hydrogen-bond donors (Lipinski definition) is 0. The summed E-state index contributed by atoms with van der Waals surface area (Å²) in [6, 6.07) is 10.3. The van der Waals surface area contributed by atoms with Gasteiger partial charge in [0.15, 0.2) is 0 Å². The van der Waals surface area contributed by atoms with E-state index in [1.54, 1.807) is 9.19 Å². The van der Waals surface area contributed by atoms with Crippen LogP contribution in [0.1, 0.15) is 17.2 Å². The molecule has 1 aliphatic heterocycles. The number of ether oxygens (including phenoxy) is 6. The van der Waals surface area contributed by atoms with E-state index < -0.39 is 7.55 Å². The summed E-state index contributed by atoms with van der Waals surface area (Å²) in [6.45, 7) is 12.8. The summed E-state index contributed by atoms with van der Waals surface area (Å²) >= 11 is 0. The van der Waals surface area contributed by atoms with Gasteiger partial charge < -0.3 is 37.6 Å². The molecule has 0 amide bonds. The number of nitrogens with zero attached hydrogens (tertiary/aromatic N) is 8. The molecule has 16 heteroatoms. The number of tetrazole rings is 2. The average molecular weight is 575 g/mol. The molecular weight excluding hydrogens is 534 g/mol. The fourth-order valence-corrected chi connectivity index (χ4v) is 2.95. The minimum absolute atomic E-state index is 0. The fourth-order valence-electron chi connectivity index (χ4n) is 2.95. The van der Waals surface area contributed by atoms with Gasteiger partial charge in [0, 0.05) is 0 Å². The molecule has 2 aromatic heterocycles. The largest absolute Gasteiger partial charge is 1.00 e. The second-order valence-electron chi connectivity index (χ2n) is 8.23. The molecule has 1 fully saturated rings. The molecule has 0 bridgehead atoms. The van der Waals surface area contributed by atoms with Crippen LogP contribution in [-0.4, -0.2) is 127 Å². The molecule has 1 aromatic carbocycles. The van der Waals surface area contributed by atoms with Crippen molar-refractivity contribution in [3.8, 4) is 0 Å². The summed E-state index contributed by atoms with van der Waals surface area (Å²) in [7, 11) is -0.718. The Kier molecular flexibility index (Phi) is 22.6. The summed E-state index contributed by atoms with van der Waals surface area (Å²) in [6.07, 6.45) is 0. The van der Waals surface area contributed by atoms with Crippen LogP contribution >= 0.6 is 0 Å². The van der Waals surface area contributed by atoms with Crippen LogP contribution in [0.3, 0.4) is 0 Å². The number of benzene rings is 1. The van der Waals surface area contributed by atoms with Crippen LogP contribution in [0.5, 0.6) is 0 Å². The molecule has 4 rings (SSSR count). The average Bonchev–Trinajstić information content (AvgIpc) is 3.53. The van der Waals surface area contributed by atoms with Crippen molar-refractivity contribution in [1.29, 1.82) is 0 Å². The molecule has 39 heavy (non-hydrogen) atoms. The predicted molar refractivity (Wildman–Crippen MR) is 141 cm³/mol. The van der Waals surface area contributed by atoms with E-state index in [9.17, 15) is 0 Å². The van der Waals surface area contributed by atoms with Crippen molar-refractivity contribution in [2.75, 3.05) is 79.3 Å². The number of hydrogen-bond acceptors (Lipinski definition) is 12. The molecule has 212 valence electrons. The van der Waals surface area contributed by atoms with E-state index in [4.69, 9.17) is 28.4 Å². The predicted octanol–water partition coefficient (Wildman–Crippen LogP) is -3.23. The normalized spacial score (nSPS) is 16.2. The second kappa shape index (κ2) is 24.6. The molecule has 3 heterocycles. The summed E-state index contributed by atoms with van der Waals surface area (Å²) < 4.78 is 35.4. The van der Waals surface area contributed by atoms with E-state index in [0.29, 0.717) is 79.3 Å². The van der Waals surface area contributed by atoms with Gasteiger partial charge in [-0.3, -0.25) is 0 Å². The van der Waals surface area contributed by atoms with Crippen molar-refractivity contribution in [1.82, 2.24) is 40.2 Å². The molecule has 0 radical (unpaired) electrons. The van der Waals surface area contributed by atoms with E-state index in [0.717, 1.165) is 11.6 Å². The Balaban J connectivity index is 0.000000315. The third-order valence-corrected chi connectivity index (χ3v) is 5.22. The van der Waals surface area contributed by atoms with Crippen LogP contribution in [0.2, 0.25) is 0 Å². The number of aryl methyl sites for hydroxylation is 3. The Morgan fingerprint density at radius 3 is 1.05 bits per heavy atom. The first-order valence-electron chi connectivity index (χ1n) is 12.9. The van der Waals surface area contributed by atoms with Gasteiger partial charge in [0.05, 0.1) is 79.3 Å². The van der Waals surface area contributed by atoms with Gasteiger partial charge in [0.2, 0.25) is 7.55 Å². The maximum Gasteiger partial charge on any atom is 1.00 e. The SMILES string of the molecule is C1COCCOCCOCCOCCOCCO1.Cc1ccccc1.Cc1nnnn1[BH2-]n1nnnc1C.[K+]. The molecular formula is C23H40BKN8O6. The minimum Gasteiger partial charge on any atom is -0.390 e. The molecule has 0 spiro atoms. The van der Waals surface area contributed by atoms with Crippen LogP contribution in [-0.2, 0) is 28.4 Å². The van der Waals surface area contributed by atoms with Gasteiger partial charge in [0.1, 0.15) is 11.6 Å². The van der Waals surface area contributed by atoms with Crippen LogP contribution in [0.4, 0.5) is 0 Å². The monoisotopic (exact) mass is 574 g/mol. The Morgan fingerprint density at radius 1 is 0.538 bits per heavy atom. The maximum absolute atomic E-state index is 5.33. The Labute approximate surface area is 273 Å². The summed E-state index contributed by atoms with van der Waals surface area (Å²) in [5.41, 5.74) is 1.32. The molecule has 14 nitrogen and oxygen atoms in total. The van der Waals surface area contributed by atoms with Gasteiger partial charge in [-0.05, 0) is 31.2 Å². The first-order valence-corrected chi connectivity index (χ1v) is 12.9. The minimum atomic E-state index is -0.718. The summed E-state index contributed by atoms with van der Waals surface area (Å²) in [4.78, 5) is 0. The topological polar surface area (TPSA) is 143 Å². The van der Waals surface area contributed by atoms with Crippen molar-refractivity contribution in [3.05, 3.63) is 47.5 Å². The molecule has 0 unspecified atom stereocenters. The standard InChI is InChI=1S/C12H24O6.C7H8.C4H8BN8.K/c1-2-14-5-6-16-9-10-18-12-11-17-8-7-15-4-3-13-1;1-7-5-3-2-4-6-7;1-3-6-8-10-12(3)5-13-4(2)7-9-11-13;/h1-12H2;2-6H,1H3;5H2,1-2H3;/q;;-1;+1. The first kappa shape index (κ1) is 35.8. The van der Waals surface area contributed by atoms with E-state index in [1.165, 1.54) is 5.56 Å². The Morgan fingerprint density at radius 2 is 0.846 bits per heavy atom. The van der Waals surface area contributed by atoms with Crippen molar-refractivity contribution >= 4 is 7.55 Å². The van der Waals surface area contributed by atoms with Crippen LogP contribution in [0.25, 0.3) is 0 Å². The zero-order valence-corrected chi connectivity index (χ0v) is 27.0. The van der Waals surface area contributed by atoms with Crippen molar-refractivity contribution in [3.63, 3.8) is 0 Å².